The molecular formula is C10H15BrClNO2S. The molecule has 1 aromatic heterocycles. The summed E-state index contributed by atoms with van der Waals surface area (Å²) in [4.78, 5) is 12.5. The second-order valence-electron chi connectivity index (χ2n) is 3.82. The summed E-state index contributed by atoms with van der Waals surface area (Å²) < 4.78 is 5.69. The fourth-order valence-corrected chi connectivity index (χ4v) is 3.05. The van der Waals surface area contributed by atoms with E-state index in [1.807, 2.05) is 11.4 Å². The molecule has 6 heteroatoms. The highest BCUT2D eigenvalue weighted by molar-refractivity contribution is 9.10. The molecule has 1 aromatic rings. The minimum Gasteiger partial charge on any atom is -0.469 e. The quantitative estimate of drug-likeness (QED) is 0.867. The van der Waals surface area contributed by atoms with Crippen molar-refractivity contribution in [2.24, 2.45) is 11.1 Å². The topological polar surface area (TPSA) is 52.3 Å². The Morgan fingerprint density at radius 2 is 2.19 bits per heavy atom. The zero-order valence-electron chi connectivity index (χ0n) is 9.32. The van der Waals surface area contributed by atoms with Gasteiger partial charge in [-0.2, -0.15) is 0 Å². The van der Waals surface area contributed by atoms with Crippen molar-refractivity contribution in [1.29, 1.82) is 0 Å². The third kappa shape index (κ3) is 2.97. The summed E-state index contributed by atoms with van der Waals surface area (Å²) in [5, 5.41) is 1.94. The average molecular weight is 329 g/mol. The zero-order chi connectivity index (χ0) is 11.6. The molecule has 0 saturated carbocycles. The van der Waals surface area contributed by atoms with Crippen molar-refractivity contribution in [2.45, 2.75) is 19.9 Å². The Balaban J connectivity index is 0.00000225. The highest BCUT2D eigenvalue weighted by Crippen LogP contribution is 2.38. The maximum absolute atomic E-state index is 11.6. The molecule has 0 amide bonds. The molecular weight excluding hydrogens is 314 g/mol. The first-order valence-electron chi connectivity index (χ1n) is 4.48. The predicted octanol–water partition coefficient (Wildman–Crippen LogP) is 3.13. The fraction of sp³-hybridized carbons (Fsp3) is 0.500. The van der Waals surface area contributed by atoms with E-state index in [0.29, 0.717) is 0 Å². The number of thiophene rings is 1. The van der Waals surface area contributed by atoms with Gasteiger partial charge >= 0.3 is 5.97 Å². The number of nitrogens with two attached hydrogens (primary N) is 1. The van der Waals surface area contributed by atoms with Crippen molar-refractivity contribution in [3.05, 3.63) is 20.8 Å². The van der Waals surface area contributed by atoms with Gasteiger partial charge in [0.25, 0.3) is 0 Å². The molecule has 3 nitrogen and oxygen atoms in total. The van der Waals surface area contributed by atoms with Gasteiger partial charge in [-0.05, 0) is 41.2 Å². The van der Waals surface area contributed by atoms with E-state index < -0.39 is 5.41 Å². The van der Waals surface area contributed by atoms with Gasteiger partial charge < -0.3 is 10.5 Å². The Morgan fingerprint density at radius 3 is 2.56 bits per heavy atom. The monoisotopic (exact) mass is 327 g/mol. The molecule has 0 spiro atoms. The smallest absolute Gasteiger partial charge is 0.313 e. The summed E-state index contributed by atoms with van der Waals surface area (Å²) >= 11 is 4.94. The molecule has 0 radical (unpaired) electrons. The van der Waals surface area contributed by atoms with Crippen LogP contribution in [0, 0.1) is 5.41 Å². The largest absolute Gasteiger partial charge is 0.469 e. The van der Waals surface area contributed by atoms with E-state index in [1.54, 1.807) is 13.8 Å². The van der Waals surface area contributed by atoms with Crippen LogP contribution < -0.4 is 5.73 Å². The molecule has 16 heavy (non-hydrogen) atoms. The van der Waals surface area contributed by atoms with Crippen LogP contribution in [0.1, 0.15) is 24.8 Å². The van der Waals surface area contributed by atoms with Crippen LogP contribution in [0.3, 0.4) is 0 Å². The minimum atomic E-state index is -0.720. The molecule has 1 rings (SSSR count). The lowest BCUT2D eigenvalue weighted by Crippen LogP contribution is -2.37. The Labute approximate surface area is 114 Å². The summed E-state index contributed by atoms with van der Waals surface area (Å²) in [5.74, 6) is -0.296. The predicted molar refractivity (Wildman–Crippen MR) is 72.0 cm³/mol. The maximum Gasteiger partial charge on any atom is 0.313 e. The molecule has 1 atom stereocenters. The van der Waals surface area contributed by atoms with Gasteiger partial charge in [-0.3, -0.25) is 4.79 Å². The molecule has 92 valence electrons. The van der Waals surface area contributed by atoms with Gasteiger partial charge in [0.05, 0.1) is 18.6 Å². The molecule has 1 heterocycles. The molecule has 0 fully saturated rings. The zero-order valence-corrected chi connectivity index (χ0v) is 12.5. The van der Waals surface area contributed by atoms with Crippen molar-refractivity contribution in [2.75, 3.05) is 7.11 Å². The molecule has 0 aliphatic heterocycles. The van der Waals surface area contributed by atoms with Crippen LogP contribution in [0.15, 0.2) is 15.9 Å². The number of hydrogen-bond donors (Lipinski definition) is 1. The van der Waals surface area contributed by atoms with E-state index in [0.717, 1.165) is 9.35 Å². The van der Waals surface area contributed by atoms with Crippen molar-refractivity contribution >= 4 is 45.6 Å². The Hall–Kier alpha value is -0.100. The highest BCUT2D eigenvalue weighted by atomic mass is 79.9. The minimum absolute atomic E-state index is 0. The lowest BCUT2D eigenvalue weighted by molar-refractivity contribution is -0.152. The molecule has 2 N–H and O–H groups in total. The second kappa shape index (κ2) is 6.00. The lowest BCUT2D eigenvalue weighted by atomic mass is 9.84. The van der Waals surface area contributed by atoms with Crippen molar-refractivity contribution in [3.8, 4) is 0 Å². The van der Waals surface area contributed by atoms with E-state index in [1.165, 1.54) is 18.4 Å². The van der Waals surface area contributed by atoms with Gasteiger partial charge in [-0.25, -0.2) is 0 Å². The number of ether oxygens (including phenoxy) is 1. The number of methoxy groups -OCH3 is 1. The van der Waals surface area contributed by atoms with Crippen LogP contribution in [-0.2, 0) is 9.53 Å². The number of hydrogen-bond acceptors (Lipinski definition) is 4. The normalized spacial score (nSPS) is 12.8. The molecule has 0 aromatic carbocycles. The van der Waals surface area contributed by atoms with Crippen LogP contribution in [0.4, 0.5) is 0 Å². The molecule has 0 saturated heterocycles. The van der Waals surface area contributed by atoms with E-state index in [2.05, 4.69) is 15.9 Å². The first kappa shape index (κ1) is 15.9. The van der Waals surface area contributed by atoms with Gasteiger partial charge in [0, 0.05) is 9.35 Å². The molecule has 0 aliphatic carbocycles. The Morgan fingerprint density at radius 1 is 1.62 bits per heavy atom. The number of rotatable bonds is 3. The Kier molecular flexibility index (Phi) is 5.96. The van der Waals surface area contributed by atoms with Crippen molar-refractivity contribution in [3.63, 3.8) is 0 Å². The van der Waals surface area contributed by atoms with Crippen molar-refractivity contribution in [1.82, 2.24) is 0 Å². The lowest BCUT2D eigenvalue weighted by Gasteiger charge is -2.28. The van der Waals surface area contributed by atoms with Crippen molar-refractivity contribution < 1.29 is 9.53 Å². The van der Waals surface area contributed by atoms with Crippen LogP contribution >= 0.6 is 39.7 Å². The van der Waals surface area contributed by atoms with E-state index in [4.69, 9.17) is 10.5 Å². The number of carbonyl (C=O) groups excluding carboxylic acids is 1. The summed E-state index contributed by atoms with van der Waals surface area (Å²) in [6, 6.07) is 1.56. The number of halogens is 2. The third-order valence-corrected chi connectivity index (χ3v) is 4.37. The van der Waals surface area contributed by atoms with E-state index >= 15 is 0 Å². The summed E-state index contributed by atoms with van der Waals surface area (Å²) in [7, 11) is 1.38. The van der Waals surface area contributed by atoms with E-state index in [-0.39, 0.29) is 24.4 Å². The molecule has 0 unspecified atom stereocenters. The second-order valence-corrected chi connectivity index (χ2v) is 5.63. The SMILES string of the molecule is COC(=O)C(C)(C)[C@@H](N)c1sccc1Br.Cl. The van der Waals surface area contributed by atoms with Crippen LogP contribution in [0.25, 0.3) is 0 Å². The number of esters is 1. The van der Waals surface area contributed by atoms with Crippen LogP contribution in [0.5, 0.6) is 0 Å². The standard InChI is InChI=1S/C10H14BrNO2S.ClH/c1-10(2,9(13)14-3)8(12)7-6(11)4-5-15-7;/h4-5,8H,12H2,1-3H3;1H/t8-;/m0./s1. The highest BCUT2D eigenvalue weighted by Gasteiger charge is 2.37. The molecule has 0 bridgehead atoms. The third-order valence-electron chi connectivity index (χ3n) is 2.42. The van der Waals surface area contributed by atoms with Crippen LogP contribution in [0.2, 0.25) is 0 Å². The number of carbonyl (C=O) groups is 1. The van der Waals surface area contributed by atoms with Gasteiger partial charge in [-0.15, -0.1) is 23.7 Å². The maximum atomic E-state index is 11.6. The summed E-state index contributed by atoms with van der Waals surface area (Å²) in [6.45, 7) is 3.57. The summed E-state index contributed by atoms with van der Waals surface area (Å²) in [5.41, 5.74) is 5.35. The van der Waals surface area contributed by atoms with Crippen LogP contribution in [-0.4, -0.2) is 13.1 Å². The van der Waals surface area contributed by atoms with Gasteiger partial charge in [0.1, 0.15) is 0 Å². The van der Waals surface area contributed by atoms with Gasteiger partial charge in [-0.1, -0.05) is 0 Å². The van der Waals surface area contributed by atoms with E-state index in [9.17, 15) is 4.79 Å². The average Bonchev–Trinajstić information content (AvgIpc) is 2.61. The van der Waals surface area contributed by atoms with Gasteiger partial charge in [0.2, 0.25) is 0 Å². The summed E-state index contributed by atoms with van der Waals surface area (Å²) in [6.07, 6.45) is 0. The first-order chi connectivity index (χ1) is 6.91. The first-order valence-corrected chi connectivity index (χ1v) is 6.15. The fourth-order valence-electron chi connectivity index (χ4n) is 1.25. The Bertz CT molecular complexity index is 367. The molecule has 0 aliphatic rings. The van der Waals surface area contributed by atoms with Gasteiger partial charge in [0.15, 0.2) is 0 Å².